The second-order valence-electron chi connectivity index (χ2n) is 6.97. The molecular weight excluding hydrogens is 336 g/mol. The average Bonchev–Trinajstić information content (AvgIpc) is 3.16. The fourth-order valence-electron chi connectivity index (χ4n) is 4.08. The van der Waals surface area contributed by atoms with Crippen LogP contribution in [0.25, 0.3) is 11.1 Å². The van der Waals surface area contributed by atoms with Gasteiger partial charge in [-0.05, 0) is 61.4 Å². The minimum absolute atomic E-state index is 0.0957. The molecule has 0 radical (unpaired) electrons. The van der Waals surface area contributed by atoms with Crippen LogP contribution in [-0.2, 0) is 14.3 Å². The Hall–Kier alpha value is -2.13. The van der Waals surface area contributed by atoms with Crippen LogP contribution in [0.5, 0.6) is 0 Å². The van der Waals surface area contributed by atoms with Crippen molar-refractivity contribution in [2.45, 2.75) is 44.1 Å². The first-order chi connectivity index (χ1) is 12.0. The van der Waals surface area contributed by atoms with Gasteiger partial charge in [0.25, 0.3) is 0 Å². The molecule has 1 atom stereocenters. The van der Waals surface area contributed by atoms with Crippen molar-refractivity contribution in [2.24, 2.45) is 0 Å². The fourth-order valence-corrected chi connectivity index (χ4v) is 4.36. The van der Waals surface area contributed by atoms with Gasteiger partial charge in [-0.3, -0.25) is 9.59 Å². The summed E-state index contributed by atoms with van der Waals surface area (Å²) in [6.45, 7) is 1.91. The van der Waals surface area contributed by atoms with Crippen LogP contribution in [0.1, 0.15) is 42.7 Å². The summed E-state index contributed by atoms with van der Waals surface area (Å²) in [4.78, 5) is 25.4. The third kappa shape index (κ3) is 2.58. The van der Waals surface area contributed by atoms with Gasteiger partial charge in [-0.1, -0.05) is 41.9 Å². The van der Waals surface area contributed by atoms with Crippen molar-refractivity contribution >= 4 is 23.4 Å². The normalized spacial score (nSPS) is 21.8. The maximum Gasteiger partial charge on any atom is 0.322 e. The molecule has 2 fully saturated rings. The number of halogens is 1. The van der Waals surface area contributed by atoms with Crippen LogP contribution < -0.4 is 0 Å². The molecule has 128 valence electrons. The highest BCUT2D eigenvalue weighted by molar-refractivity contribution is 6.33. The van der Waals surface area contributed by atoms with Gasteiger partial charge in [-0.15, -0.1) is 0 Å². The quantitative estimate of drug-likeness (QED) is 0.572. The number of carbonyl (C=O) groups is 2. The molecule has 25 heavy (non-hydrogen) atoms. The van der Waals surface area contributed by atoms with E-state index in [4.69, 9.17) is 16.3 Å². The first-order valence-corrected chi connectivity index (χ1v) is 9.02. The molecule has 2 aromatic rings. The van der Waals surface area contributed by atoms with Crippen LogP contribution in [0.2, 0.25) is 5.02 Å². The van der Waals surface area contributed by atoms with Crippen LogP contribution in [0.4, 0.5) is 0 Å². The van der Waals surface area contributed by atoms with Crippen LogP contribution >= 0.6 is 11.6 Å². The minimum atomic E-state index is -0.890. The second-order valence-corrected chi connectivity index (χ2v) is 7.38. The highest BCUT2D eigenvalue weighted by Gasteiger charge is 2.56. The van der Waals surface area contributed by atoms with Gasteiger partial charge in [0.2, 0.25) is 0 Å². The Kier molecular flexibility index (Phi) is 3.92. The number of rotatable bonds is 2. The van der Waals surface area contributed by atoms with Crippen molar-refractivity contribution in [2.75, 3.05) is 0 Å². The summed E-state index contributed by atoms with van der Waals surface area (Å²) in [7, 11) is 0. The largest absolute Gasteiger partial charge is 0.450 e. The van der Waals surface area contributed by atoms with Crippen molar-refractivity contribution < 1.29 is 14.3 Å². The van der Waals surface area contributed by atoms with Gasteiger partial charge < -0.3 is 4.74 Å². The van der Waals surface area contributed by atoms with E-state index < -0.39 is 17.5 Å². The summed E-state index contributed by atoms with van der Waals surface area (Å²) in [5.74, 6) is -1.37. The number of ether oxygens (including phenoxy) is 1. The maximum atomic E-state index is 13.0. The molecule has 0 bridgehead atoms. The molecule has 4 heteroatoms. The molecule has 1 aliphatic carbocycles. The van der Waals surface area contributed by atoms with Crippen molar-refractivity contribution in [1.29, 1.82) is 0 Å². The number of hydrogen-bond acceptors (Lipinski definition) is 3. The van der Waals surface area contributed by atoms with E-state index in [1.165, 1.54) is 0 Å². The zero-order valence-electron chi connectivity index (χ0n) is 14.0. The van der Waals surface area contributed by atoms with Gasteiger partial charge in [0, 0.05) is 10.6 Å². The molecule has 1 aliphatic heterocycles. The number of aryl methyl sites for hydroxylation is 1. The van der Waals surface area contributed by atoms with E-state index in [2.05, 4.69) is 0 Å². The minimum Gasteiger partial charge on any atom is -0.450 e. The number of Topliss-reactive ketones (excluding diaryl/α,β-unsaturated/α-hetero) is 1. The molecule has 2 aromatic carbocycles. The molecule has 3 nitrogen and oxygen atoms in total. The Morgan fingerprint density at radius 3 is 2.44 bits per heavy atom. The van der Waals surface area contributed by atoms with Crippen molar-refractivity contribution in [1.82, 2.24) is 0 Å². The van der Waals surface area contributed by atoms with Crippen LogP contribution in [0.15, 0.2) is 42.5 Å². The molecule has 1 heterocycles. The Bertz CT molecular complexity index is 851. The van der Waals surface area contributed by atoms with Crippen LogP contribution in [0.3, 0.4) is 0 Å². The van der Waals surface area contributed by atoms with E-state index in [1.807, 2.05) is 43.3 Å². The predicted molar refractivity (Wildman–Crippen MR) is 96.7 cm³/mol. The van der Waals surface area contributed by atoms with E-state index in [9.17, 15) is 9.59 Å². The molecule has 1 unspecified atom stereocenters. The van der Waals surface area contributed by atoms with Gasteiger partial charge in [-0.25, -0.2) is 0 Å². The Balaban J connectivity index is 1.75. The monoisotopic (exact) mass is 354 g/mol. The number of hydrogen-bond donors (Lipinski definition) is 0. The predicted octanol–water partition coefficient (Wildman–Crippen LogP) is 4.84. The first kappa shape index (κ1) is 16.3. The summed E-state index contributed by atoms with van der Waals surface area (Å²) in [5.41, 5.74) is 2.57. The zero-order chi connectivity index (χ0) is 17.6. The summed E-state index contributed by atoms with van der Waals surface area (Å²) in [6, 6.07) is 13.6. The third-order valence-electron chi connectivity index (χ3n) is 5.41. The van der Waals surface area contributed by atoms with E-state index in [-0.39, 0.29) is 5.78 Å². The van der Waals surface area contributed by atoms with Crippen LogP contribution in [0, 0.1) is 6.92 Å². The van der Waals surface area contributed by atoms with Crippen molar-refractivity contribution in [3.05, 3.63) is 58.6 Å². The number of carbonyl (C=O) groups excluding carboxylic acids is 2. The summed E-state index contributed by atoms with van der Waals surface area (Å²) in [6.07, 6.45) is 3.14. The topological polar surface area (TPSA) is 43.4 Å². The van der Waals surface area contributed by atoms with Gasteiger partial charge in [-0.2, -0.15) is 0 Å². The molecule has 1 spiro atoms. The Morgan fingerprint density at radius 1 is 1.08 bits per heavy atom. The lowest BCUT2D eigenvalue weighted by molar-refractivity contribution is -0.151. The zero-order valence-corrected chi connectivity index (χ0v) is 14.8. The highest BCUT2D eigenvalue weighted by atomic mass is 35.5. The number of ketones is 1. The Morgan fingerprint density at radius 2 is 1.76 bits per heavy atom. The van der Waals surface area contributed by atoms with Crippen molar-refractivity contribution in [3.8, 4) is 11.1 Å². The SMILES string of the molecule is Cc1cc(-c2ccccc2)c(Cl)cc1C1C(=O)OC2(CCCC2)C1=O. The lowest BCUT2D eigenvalue weighted by atomic mass is 9.84. The summed E-state index contributed by atoms with van der Waals surface area (Å²) < 4.78 is 5.57. The molecule has 0 amide bonds. The summed E-state index contributed by atoms with van der Waals surface area (Å²) >= 11 is 6.50. The summed E-state index contributed by atoms with van der Waals surface area (Å²) in [5, 5.41) is 0.541. The van der Waals surface area contributed by atoms with E-state index in [0.29, 0.717) is 23.4 Å². The van der Waals surface area contributed by atoms with E-state index in [0.717, 1.165) is 29.5 Å². The van der Waals surface area contributed by atoms with Gasteiger partial charge >= 0.3 is 5.97 Å². The first-order valence-electron chi connectivity index (χ1n) is 8.64. The number of benzene rings is 2. The second kappa shape index (κ2) is 5.99. The molecule has 1 saturated carbocycles. The lowest BCUT2D eigenvalue weighted by Gasteiger charge is -2.19. The highest BCUT2D eigenvalue weighted by Crippen LogP contribution is 2.46. The van der Waals surface area contributed by atoms with Gasteiger partial charge in [0.05, 0.1) is 0 Å². The Labute approximate surface area is 152 Å². The lowest BCUT2D eigenvalue weighted by Crippen LogP contribution is -2.33. The smallest absolute Gasteiger partial charge is 0.322 e. The van der Waals surface area contributed by atoms with Gasteiger partial charge in [0.1, 0.15) is 5.92 Å². The molecule has 0 N–H and O–H groups in total. The average molecular weight is 355 g/mol. The maximum absolute atomic E-state index is 13.0. The van der Waals surface area contributed by atoms with Crippen LogP contribution in [-0.4, -0.2) is 17.4 Å². The van der Waals surface area contributed by atoms with Gasteiger partial charge in [0.15, 0.2) is 11.4 Å². The molecule has 1 saturated heterocycles. The van der Waals surface area contributed by atoms with Crippen molar-refractivity contribution in [3.63, 3.8) is 0 Å². The van der Waals surface area contributed by atoms with E-state index in [1.54, 1.807) is 6.07 Å². The molecule has 0 aromatic heterocycles. The number of esters is 1. The fraction of sp³-hybridized carbons (Fsp3) is 0.333. The van der Waals surface area contributed by atoms with E-state index >= 15 is 0 Å². The molecule has 4 rings (SSSR count). The molecular formula is C21H19ClO3. The third-order valence-corrected chi connectivity index (χ3v) is 5.72. The molecule has 2 aliphatic rings. The standard InChI is InChI=1S/C21H19ClO3/c1-13-11-16(14-7-3-2-4-8-14)17(22)12-15(13)18-19(23)21(25-20(18)24)9-5-6-10-21/h2-4,7-8,11-12,18H,5-6,9-10H2,1H3.